The van der Waals surface area contributed by atoms with E-state index in [-0.39, 0.29) is 18.1 Å². The molecule has 0 heterocycles. The second kappa shape index (κ2) is 6.31. The molecule has 0 unspecified atom stereocenters. The molecule has 0 spiro atoms. The van der Waals surface area contributed by atoms with Gasteiger partial charge in [-0.05, 0) is 51.1 Å². The summed E-state index contributed by atoms with van der Waals surface area (Å²) in [6, 6.07) is 2.76. The molecule has 1 aliphatic rings. The maximum atomic E-state index is 11.5. The first-order valence-corrected chi connectivity index (χ1v) is 7.85. The summed E-state index contributed by atoms with van der Waals surface area (Å²) in [6.07, 6.45) is 2.63. The van der Waals surface area contributed by atoms with E-state index in [0.29, 0.717) is 14.7 Å². The van der Waals surface area contributed by atoms with Crippen molar-refractivity contribution in [3.63, 3.8) is 0 Å². The standard InChI is InChI=1S/C13H13Br2NO5/c1-20-11(17)7-13(3-2-4-13)21-12-9(14)5-8(16(18)19)6-10(12)15/h5-6H,2-4,7H2,1H3. The lowest BCUT2D eigenvalue weighted by Gasteiger charge is -2.41. The van der Waals surface area contributed by atoms with Crippen LogP contribution >= 0.6 is 31.9 Å². The summed E-state index contributed by atoms with van der Waals surface area (Å²) in [4.78, 5) is 21.8. The van der Waals surface area contributed by atoms with Crippen LogP contribution in [0.1, 0.15) is 25.7 Å². The molecule has 2 rings (SSSR count). The molecule has 1 aliphatic carbocycles. The fourth-order valence-corrected chi connectivity index (χ4v) is 3.51. The van der Waals surface area contributed by atoms with Gasteiger partial charge in [-0.1, -0.05) is 0 Å². The number of halogens is 2. The van der Waals surface area contributed by atoms with Gasteiger partial charge < -0.3 is 9.47 Å². The summed E-state index contributed by atoms with van der Waals surface area (Å²) in [6.45, 7) is 0. The van der Waals surface area contributed by atoms with E-state index in [1.165, 1.54) is 19.2 Å². The van der Waals surface area contributed by atoms with E-state index in [0.717, 1.165) is 19.3 Å². The molecule has 6 nitrogen and oxygen atoms in total. The Bertz CT molecular complexity index is 563. The molecule has 1 saturated carbocycles. The fourth-order valence-electron chi connectivity index (χ4n) is 2.19. The van der Waals surface area contributed by atoms with Crippen LogP contribution in [-0.2, 0) is 9.53 Å². The van der Waals surface area contributed by atoms with E-state index in [1.54, 1.807) is 0 Å². The number of hydrogen-bond acceptors (Lipinski definition) is 5. The highest BCUT2D eigenvalue weighted by atomic mass is 79.9. The van der Waals surface area contributed by atoms with Crippen molar-refractivity contribution in [3.05, 3.63) is 31.2 Å². The summed E-state index contributed by atoms with van der Waals surface area (Å²) in [5.74, 6) is 0.132. The summed E-state index contributed by atoms with van der Waals surface area (Å²) in [5, 5.41) is 10.8. The molecular formula is C13H13Br2NO5. The fraction of sp³-hybridized carbons (Fsp3) is 0.462. The molecule has 1 fully saturated rings. The maximum absolute atomic E-state index is 11.5. The lowest BCUT2D eigenvalue weighted by atomic mass is 9.77. The number of non-ortho nitro benzene ring substituents is 1. The van der Waals surface area contributed by atoms with Crippen LogP contribution in [0.25, 0.3) is 0 Å². The van der Waals surface area contributed by atoms with Crippen molar-refractivity contribution in [2.24, 2.45) is 0 Å². The number of rotatable bonds is 5. The normalized spacial score (nSPS) is 16.0. The van der Waals surface area contributed by atoms with Crippen LogP contribution in [0.15, 0.2) is 21.1 Å². The Labute approximate surface area is 138 Å². The van der Waals surface area contributed by atoms with Crippen LogP contribution in [0.4, 0.5) is 5.69 Å². The van der Waals surface area contributed by atoms with Crippen LogP contribution < -0.4 is 4.74 Å². The zero-order valence-electron chi connectivity index (χ0n) is 11.2. The third kappa shape index (κ3) is 3.55. The number of carbonyl (C=O) groups is 1. The van der Waals surface area contributed by atoms with Crippen molar-refractivity contribution >= 4 is 43.5 Å². The molecular weight excluding hydrogens is 410 g/mol. The topological polar surface area (TPSA) is 78.7 Å². The van der Waals surface area contributed by atoms with Gasteiger partial charge in [0.15, 0.2) is 0 Å². The predicted molar refractivity (Wildman–Crippen MR) is 82.3 cm³/mol. The van der Waals surface area contributed by atoms with Crippen molar-refractivity contribution in [1.82, 2.24) is 0 Å². The monoisotopic (exact) mass is 421 g/mol. The zero-order chi connectivity index (χ0) is 15.6. The molecule has 0 amide bonds. The molecule has 0 atom stereocenters. The number of nitrogens with zero attached hydrogens (tertiary/aromatic N) is 1. The summed E-state index contributed by atoms with van der Waals surface area (Å²) in [5.41, 5.74) is -0.634. The summed E-state index contributed by atoms with van der Waals surface area (Å²) in [7, 11) is 1.34. The molecule has 0 aliphatic heterocycles. The van der Waals surface area contributed by atoms with Gasteiger partial charge in [-0.2, -0.15) is 0 Å². The number of methoxy groups -OCH3 is 1. The molecule has 21 heavy (non-hydrogen) atoms. The number of nitro groups is 1. The second-order valence-electron chi connectivity index (χ2n) is 4.89. The Morgan fingerprint density at radius 3 is 2.33 bits per heavy atom. The molecule has 8 heteroatoms. The minimum atomic E-state index is -0.589. The highest BCUT2D eigenvalue weighted by Gasteiger charge is 2.42. The van der Waals surface area contributed by atoms with Gasteiger partial charge in [0.25, 0.3) is 5.69 Å². The Kier molecular flexibility index (Phi) is 4.88. The van der Waals surface area contributed by atoms with Crippen LogP contribution in [0.3, 0.4) is 0 Å². The third-order valence-electron chi connectivity index (χ3n) is 3.47. The number of esters is 1. The molecule has 114 valence electrons. The third-order valence-corrected chi connectivity index (χ3v) is 4.65. The lowest BCUT2D eigenvalue weighted by molar-refractivity contribution is -0.385. The summed E-state index contributed by atoms with van der Waals surface area (Å²) < 4.78 is 11.6. The number of hydrogen-bond donors (Lipinski definition) is 0. The van der Waals surface area contributed by atoms with E-state index < -0.39 is 10.5 Å². The smallest absolute Gasteiger partial charge is 0.309 e. The molecule has 0 saturated heterocycles. The second-order valence-corrected chi connectivity index (χ2v) is 6.60. The zero-order valence-corrected chi connectivity index (χ0v) is 14.4. The van der Waals surface area contributed by atoms with Gasteiger partial charge in [0.05, 0.1) is 27.4 Å². The van der Waals surface area contributed by atoms with Crippen LogP contribution in [-0.4, -0.2) is 23.6 Å². The Hall–Kier alpha value is -1.15. The van der Waals surface area contributed by atoms with E-state index >= 15 is 0 Å². The van der Waals surface area contributed by atoms with Crippen LogP contribution in [0.2, 0.25) is 0 Å². The van der Waals surface area contributed by atoms with Gasteiger partial charge in [-0.25, -0.2) is 0 Å². The van der Waals surface area contributed by atoms with E-state index in [1.807, 2.05) is 0 Å². The van der Waals surface area contributed by atoms with Crippen LogP contribution in [0, 0.1) is 10.1 Å². The van der Waals surface area contributed by atoms with E-state index in [2.05, 4.69) is 31.9 Å². The van der Waals surface area contributed by atoms with Gasteiger partial charge >= 0.3 is 5.97 Å². The first-order chi connectivity index (χ1) is 9.87. The van der Waals surface area contributed by atoms with Crippen molar-refractivity contribution in [1.29, 1.82) is 0 Å². The van der Waals surface area contributed by atoms with E-state index in [9.17, 15) is 14.9 Å². The molecule has 0 N–H and O–H groups in total. The quantitative estimate of drug-likeness (QED) is 0.407. The number of ether oxygens (including phenoxy) is 2. The van der Waals surface area contributed by atoms with Crippen molar-refractivity contribution in [2.45, 2.75) is 31.3 Å². The van der Waals surface area contributed by atoms with Crippen LogP contribution in [0.5, 0.6) is 5.75 Å². The molecule has 0 radical (unpaired) electrons. The first kappa shape index (κ1) is 16.2. The Morgan fingerprint density at radius 2 is 1.95 bits per heavy atom. The highest BCUT2D eigenvalue weighted by molar-refractivity contribution is 9.11. The average molecular weight is 423 g/mol. The van der Waals surface area contributed by atoms with Gasteiger partial charge in [0, 0.05) is 12.1 Å². The number of nitro benzene ring substituents is 1. The van der Waals surface area contributed by atoms with Gasteiger partial charge in [-0.15, -0.1) is 0 Å². The average Bonchev–Trinajstić information content (AvgIpc) is 2.38. The van der Waals surface area contributed by atoms with Gasteiger partial charge in [-0.3, -0.25) is 14.9 Å². The van der Waals surface area contributed by atoms with Crippen molar-refractivity contribution in [2.75, 3.05) is 7.11 Å². The van der Waals surface area contributed by atoms with E-state index in [4.69, 9.17) is 9.47 Å². The lowest BCUT2D eigenvalue weighted by Crippen LogP contribution is -2.45. The predicted octanol–water partition coefficient (Wildman–Crippen LogP) is 3.98. The molecule has 0 bridgehead atoms. The highest BCUT2D eigenvalue weighted by Crippen LogP contribution is 2.45. The minimum Gasteiger partial charge on any atom is -0.484 e. The Balaban J connectivity index is 2.26. The van der Waals surface area contributed by atoms with Gasteiger partial charge in [0.1, 0.15) is 11.4 Å². The largest absolute Gasteiger partial charge is 0.484 e. The number of benzene rings is 1. The Morgan fingerprint density at radius 1 is 1.38 bits per heavy atom. The molecule has 0 aromatic heterocycles. The first-order valence-electron chi connectivity index (χ1n) is 6.26. The van der Waals surface area contributed by atoms with Crippen molar-refractivity contribution < 1.29 is 19.2 Å². The molecule has 1 aromatic carbocycles. The minimum absolute atomic E-state index is 0.0447. The van der Waals surface area contributed by atoms with Crippen molar-refractivity contribution in [3.8, 4) is 5.75 Å². The summed E-state index contributed by atoms with van der Waals surface area (Å²) >= 11 is 6.56. The maximum Gasteiger partial charge on any atom is 0.309 e. The number of carbonyl (C=O) groups excluding carboxylic acids is 1. The molecule has 1 aromatic rings. The SMILES string of the molecule is COC(=O)CC1(Oc2c(Br)cc([N+](=O)[O-])cc2Br)CCC1. The van der Waals surface area contributed by atoms with Gasteiger partial charge in [0.2, 0.25) is 0 Å².